The number of nitrogens with one attached hydrogen (secondary N) is 1. The molecule has 0 radical (unpaired) electrons. The zero-order valence-electron chi connectivity index (χ0n) is 11.4. The molecule has 1 aromatic heterocycles. The molecule has 0 fully saturated rings. The third-order valence-electron chi connectivity index (χ3n) is 2.74. The summed E-state index contributed by atoms with van der Waals surface area (Å²) in [6.07, 6.45) is 0.397. The van der Waals surface area contributed by atoms with Crippen molar-refractivity contribution in [2.45, 2.75) is 13.3 Å². The van der Waals surface area contributed by atoms with E-state index in [1.807, 2.05) is 0 Å². The van der Waals surface area contributed by atoms with E-state index in [-0.39, 0.29) is 18.2 Å². The maximum Gasteiger partial charge on any atom is 0.265 e. The molecule has 5 heteroatoms. The van der Waals surface area contributed by atoms with Crippen LogP contribution in [0.5, 0.6) is 0 Å². The highest BCUT2D eigenvalue weighted by Gasteiger charge is 2.13. The van der Waals surface area contributed by atoms with E-state index in [2.05, 4.69) is 17.2 Å². The highest BCUT2D eigenvalue weighted by molar-refractivity contribution is 7.14. The molecule has 0 spiro atoms. The van der Waals surface area contributed by atoms with Crippen LogP contribution >= 0.6 is 11.3 Å². The number of thiophene rings is 1. The number of benzene rings is 1. The number of carbonyl (C=O) groups is 1. The van der Waals surface area contributed by atoms with Crippen molar-refractivity contribution in [1.29, 1.82) is 0 Å². The Morgan fingerprint density at radius 1 is 1.38 bits per heavy atom. The maximum absolute atomic E-state index is 13.7. The summed E-state index contributed by atoms with van der Waals surface area (Å²) in [5.74, 6) is 4.84. The van der Waals surface area contributed by atoms with Gasteiger partial charge in [-0.2, -0.15) is 0 Å². The molecule has 0 saturated carbocycles. The standard InChI is InChI=1S/C16H14FNO2S/c1-11-5-4-7-13(17)15(11)18-16(20)14-9-8-12(21-14)6-2-3-10-19/h4-5,7-9,19H,3,10H2,1H3,(H,18,20). The fourth-order valence-electron chi connectivity index (χ4n) is 1.70. The van der Waals surface area contributed by atoms with Gasteiger partial charge in [0.15, 0.2) is 0 Å². The first-order chi connectivity index (χ1) is 10.1. The van der Waals surface area contributed by atoms with Crippen molar-refractivity contribution in [3.05, 3.63) is 51.5 Å². The molecular formula is C16H14FNO2S. The van der Waals surface area contributed by atoms with E-state index in [1.165, 1.54) is 17.4 Å². The van der Waals surface area contributed by atoms with Crippen LogP contribution in [-0.2, 0) is 0 Å². The lowest BCUT2D eigenvalue weighted by Crippen LogP contribution is -2.12. The van der Waals surface area contributed by atoms with Gasteiger partial charge in [0, 0.05) is 6.42 Å². The van der Waals surface area contributed by atoms with Crippen molar-refractivity contribution < 1.29 is 14.3 Å². The summed E-state index contributed by atoms with van der Waals surface area (Å²) < 4.78 is 13.7. The van der Waals surface area contributed by atoms with Gasteiger partial charge >= 0.3 is 0 Å². The molecule has 0 unspecified atom stereocenters. The highest BCUT2D eigenvalue weighted by Crippen LogP contribution is 2.22. The SMILES string of the molecule is Cc1cccc(F)c1NC(=O)c1ccc(C#CCCO)s1. The van der Waals surface area contributed by atoms with E-state index in [9.17, 15) is 9.18 Å². The van der Waals surface area contributed by atoms with Gasteiger partial charge in [-0.25, -0.2) is 4.39 Å². The average molecular weight is 303 g/mol. The Morgan fingerprint density at radius 2 is 2.19 bits per heavy atom. The molecule has 0 atom stereocenters. The van der Waals surface area contributed by atoms with Gasteiger partial charge in [-0.15, -0.1) is 11.3 Å². The number of anilines is 1. The van der Waals surface area contributed by atoms with E-state index >= 15 is 0 Å². The van der Waals surface area contributed by atoms with Crippen molar-refractivity contribution in [1.82, 2.24) is 0 Å². The molecule has 1 heterocycles. The molecule has 3 nitrogen and oxygen atoms in total. The smallest absolute Gasteiger partial charge is 0.265 e. The van der Waals surface area contributed by atoms with Crippen LogP contribution in [0.25, 0.3) is 0 Å². The minimum absolute atomic E-state index is 0.0122. The van der Waals surface area contributed by atoms with E-state index in [1.54, 1.807) is 31.2 Å². The lowest BCUT2D eigenvalue weighted by atomic mass is 10.2. The Hall–Kier alpha value is -2.16. The molecule has 2 N–H and O–H groups in total. The number of para-hydroxylation sites is 1. The van der Waals surface area contributed by atoms with Crippen molar-refractivity contribution in [3.8, 4) is 11.8 Å². The first kappa shape index (κ1) is 15.2. The van der Waals surface area contributed by atoms with Crippen LogP contribution in [0.2, 0.25) is 0 Å². The van der Waals surface area contributed by atoms with Crippen molar-refractivity contribution >= 4 is 22.9 Å². The Morgan fingerprint density at radius 3 is 2.90 bits per heavy atom. The van der Waals surface area contributed by atoms with Gasteiger partial charge in [0.2, 0.25) is 0 Å². The quantitative estimate of drug-likeness (QED) is 0.856. The fraction of sp³-hybridized carbons (Fsp3) is 0.188. The maximum atomic E-state index is 13.7. The van der Waals surface area contributed by atoms with E-state index in [0.717, 1.165) is 4.88 Å². The zero-order chi connectivity index (χ0) is 15.2. The summed E-state index contributed by atoms with van der Waals surface area (Å²) in [5, 5.41) is 11.2. The van der Waals surface area contributed by atoms with Gasteiger partial charge in [0.05, 0.1) is 22.0 Å². The number of amides is 1. The predicted molar refractivity (Wildman–Crippen MR) is 82.0 cm³/mol. The van der Waals surface area contributed by atoms with Crippen LogP contribution in [0.15, 0.2) is 30.3 Å². The van der Waals surface area contributed by atoms with Crippen molar-refractivity contribution in [2.75, 3.05) is 11.9 Å². The van der Waals surface area contributed by atoms with Gasteiger partial charge in [0.1, 0.15) is 5.82 Å². The van der Waals surface area contributed by atoms with Crippen molar-refractivity contribution in [3.63, 3.8) is 0 Å². The Labute approximate surface area is 126 Å². The molecule has 0 aliphatic carbocycles. The van der Waals surface area contributed by atoms with Crippen LogP contribution in [0, 0.1) is 24.6 Å². The number of carbonyl (C=O) groups excluding carboxylic acids is 1. The normalized spacial score (nSPS) is 9.86. The minimum atomic E-state index is -0.456. The summed E-state index contributed by atoms with van der Waals surface area (Å²) in [5.41, 5.74) is 0.867. The first-order valence-electron chi connectivity index (χ1n) is 6.38. The van der Waals surface area contributed by atoms with Gasteiger partial charge in [-0.05, 0) is 30.7 Å². The third-order valence-corrected chi connectivity index (χ3v) is 3.74. The van der Waals surface area contributed by atoms with Gasteiger partial charge in [0.25, 0.3) is 5.91 Å². The molecule has 0 bridgehead atoms. The monoisotopic (exact) mass is 303 g/mol. The largest absolute Gasteiger partial charge is 0.395 e. The second kappa shape index (κ2) is 7.02. The highest BCUT2D eigenvalue weighted by atomic mass is 32.1. The molecule has 1 aromatic carbocycles. The molecule has 0 saturated heterocycles. The van der Waals surface area contributed by atoms with Crippen LogP contribution in [0.3, 0.4) is 0 Å². The molecular weight excluding hydrogens is 289 g/mol. The van der Waals surface area contributed by atoms with E-state index < -0.39 is 5.82 Å². The molecule has 21 heavy (non-hydrogen) atoms. The topological polar surface area (TPSA) is 49.3 Å². The molecule has 0 aliphatic heterocycles. The van der Waals surface area contributed by atoms with Gasteiger partial charge in [-0.1, -0.05) is 24.0 Å². The number of hydrogen-bond donors (Lipinski definition) is 2. The van der Waals surface area contributed by atoms with E-state index in [4.69, 9.17) is 5.11 Å². The molecule has 2 aromatic rings. The summed E-state index contributed by atoms with van der Waals surface area (Å²) in [7, 11) is 0. The molecule has 1 amide bonds. The Balaban J connectivity index is 2.13. The average Bonchev–Trinajstić information content (AvgIpc) is 2.92. The lowest BCUT2D eigenvalue weighted by Gasteiger charge is -2.07. The second-order valence-corrected chi connectivity index (χ2v) is 5.41. The van der Waals surface area contributed by atoms with Crippen LogP contribution < -0.4 is 5.32 Å². The zero-order valence-corrected chi connectivity index (χ0v) is 12.3. The van der Waals surface area contributed by atoms with Crippen LogP contribution in [0.4, 0.5) is 10.1 Å². The molecule has 108 valence electrons. The van der Waals surface area contributed by atoms with Crippen LogP contribution in [-0.4, -0.2) is 17.6 Å². The number of rotatable bonds is 3. The minimum Gasteiger partial charge on any atom is -0.395 e. The lowest BCUT2D eigenvalue weighted by molar-refractivity contribution is 0.103. The van der Waals surface area contributed by atoms with Gasteiger partial charge in [-0.3, -0.25) is 4.79 Å². The summed E-state index contributed by atoms with van der Waals surface area (Å²) in [4.78, 5) is 13.3. The van der Waals surface area contributed by atoms with Crippen LogP contribution in [0.1, 0.15) is 26.5 Å². The Kier molecular flexibility index (Phi) is 5.09. The van der Waals surface area contributed by atoms with Crippen molar-refractivity contribution in [2.24, 2.45) is 0 Å². The summed E-state index contributed by atoms with van der Waals surface area (Å²) in [6, 6.07) is 8.03. The molecule has 0 aliphatic rings. The van der Waals surface area contributed by atoms with Gasteiger partial charge < -0.3 is 10.4 Å². The number of hydrogen-bond acceptors (Lipinski definition) is 3. The number of aliphatic hydroxyl groups is 1. The number of aryl methyl sites for hydroxylation is 1. The number of halogens is 1. The second-order valence-electron chi connectivity index (χ2n) is 4.33. The molecule has 2 rings (SSSR count). The first-order valence-corrected chi connectivity index (χ1v) is 7.19. The Bertz CT molecular complexity index is 692. The van der Waals surface area contributed by atoms with E-state index in [0.29, 0.717) is 16.9 Å². The fourth-order valence-corrected chi connectivity index (χ4v) is 2.47. The summed E-state index contributed by atoms with van der Waals surface area (Å²) >= 11 is 1.23. The summed E-state index contributed by atoms with van der Waals surface area (Å²) in [6.45, 7) is 1.75. The third kappa shape index (κ3) is 3.91. The predicted octanol–water partition coefficient (Wildman–Crippen LogP) is 3.18. The number of aliphatic hydroxyl groups excluding tert-OH is 1.